The molecule has 0 saturated carbocycles. The van der Waals surface area contributed by atoms with Gasteiger partial charge in [-0.15, -0.1) is 0 Å². The Balaban J connectivity index is 3.13. The molecule has 1 aromatic rings. The molecule has 0 amide bonds. The van der Waals surface area contributed by atoms with Gasteiger partial charge in [0.1, 0.15) is 0 Å². The number of aryl methyl sites for hydroxylation is 1. The Kier molecular flexibility index (Phi) is 4.27. The topological polar surface area (TPSA) is 61.2 Å². The minimum atomic E-state index is -3.51. The summed E-state index contributed by atoms with van der Waals surface area (Å²) in [6.45, 7) is 3.48. The molecule has 1 unspecified atom stereocenters. The normalized spacial score (nSPS) is 13.4. The first-order valence-corrected chi connectivity index (χ1v) is 6.76. The highest BCUT2D eigenvalue weighted by Gasteiger charge is 2.26. The van der Waals surface area contributed by atoms with E-state index < -0.39 is 10.0 Å². The zero-order valence-electron chi connectivity index (χ0n) is 10.2. The molecule has 0 aliphatic rings. The van der Waals surface area contributed by atoms with E-state index in [1.807, 2.05) is 6.07 Å². The van der Waals surface area contributed by atoms with Gasteiger partial charge in [-0.05, 0) is 25.5 Å². The van der Waals surface area contributed by atoms with Crippen molar-refractivity contribution in [3.8, 4) is 6.07 Å². The molecule has 1 aromatic carbocycles. The van der Waals surface area contributed by atoms with E-state index in [2.05, 4.69) is 0 Å². The number of nitrogens with zero attached hydrogens (tertiary/aromatic N) is 2. The molecular weight excluding hydrogens is 236 g/mol. The molecule has 0 aromatic heterocycles. The largest absolute Gasteiger partial charge is 0.243 e. The van der Waals surface area contributed by atoms with Gasteiger partial charge in [0.15, 0.2) is 0 Å². The Morgan fingerprint density at radius 2 is 2.00 bits per heavy atom. The number of sulfonamides is 1. The van der Waals surface area contributed by atoms with Crippen molar-refractivity contribution in [3.05, 3.63) is 29.8 Å². The van der Waals surface area contributed by atoms with Gasteiger partial charge in [0.05, 0.1) is 17.4 Å². The second-order valence-corrected chi connectivity index (χ2v) is 5.96. The number of rotatable bonds is 4. The summed E-state index contributed by atoms with van der Waals surface area (Å²) in [5, 5.41) is 8.60. The highest BCUT2D eigenvalue weighted by atomic mass is 32.2. The fourth-order valence-electron chi connectivity index (χ4n) is 1.50. The quantitative estimate of drug-likeness (QED) is 0.822. The molecule has 5 heteroatoms. The Labute approximate surface area is 103 Å². The lowest BCUT2D eigenvalue weighted by Gasteiger charge is -2.23. The number of hydrogen-bond acceptors (Lipinski definition) is 3. The molecule has 0 radical (unpaired) electrons. The average molecular weight is 252 g/mol. The van der Waals surface area contributed by atoms with Crippen molar-refractivity contribution in [1.29, 1.82) is 5.26 Å². The van der Waals surface area contributed by atoms with E-state index in [0.717, 1.165) is 0 Å². The molecule has 0 saturated heterocycles. The predicted molar refractivity (Wildman–Crippen MR) is 65.8 cm³/mol. The summed E-state index contributed by atoms with van der Waals surface area (Å²) in [6, 6.07) is 8.49. The maximum Gasteiger partial charge on any atom is 0.243 e. The van der Waals surface area contributed by atoms with Crippen molar-refractivity contribution in [2.45, 2.75) is 31.2 Å². The van der Waals surface area contributed by atoms with Gasteiger partial charge >= 0.3 is 0 Å². The molecule has 0 N–H and O–H groups in total. The molecule has 0 aliphatic carbocycles. The molecule has 17 heavy (non-hydrogen) atoms. The van der Waals surface area contributed by atoms with Crippen LogP contribution in [0.25, 0.3) is 0 Å². The molecule has 0 bridgehead atoms. The molecule has 0 aliphatic heterocycles. The lowest BCUT2D eigenvalue weighted by Crippen LogP contribution is -2.35. The molecule has 0 spiro atoms. The molecule has 1 rings (SSSR count). The van der Waals surface area contributed by atoms with Crippen LogP contribution in [0.5, 0.6) is 0 Å². The molecule has 0 heterocycles. The van der Waals surface area contributed by atoms with Crippen molar-refractivity contribution in [1.82, 2.24) is 4.31 Å². The maximum absolute atomic E-state index is 12.3. The van der Waals surface area contributed by atoms with Crippen LogP contribution in [0, 0.1) is 18.3 Å². The summed E-state index contributed by atoms with van der Waals surface area (Å²) in [5.41, 5.74) is 0.712. The minimum absolute atomic E-state index is 0.182. The van der Waals surface area contributed by atoms with Gasteiger partial charge in [-0.3, -0.25) is 0 Å². The Morgan fingerprint density at radius 1 is 1.41 bits per heavy atom. The van der Waals surface area contributed by atoms with Crippen LogP contribution >= 0.6 is 0 Å². The van der Waals surface area contributed by atoms with Crippen LogP contribution in [0.2, 0.25) is 0 Å². The highest BCUT2D eigenvalue weighted by Crippen LogP contribution is 2.20. The fourth-order valence-corrected chi connectivity index (χ4v) is 3.08. The zero-order chi connectivity index (χ0) is 13.1. The van der Waals surface area contributed by atoms with Gasteiger partial charge in [0.25, 0.3) is 0 Å². The van der Waals surface area contributed by atoms with Gasteiger partial charge < -0.3 is 0 Å². The Bertz CT molecular complexity index is 532. The lowest BCUT2D eigenvalue weighted by atomic mass is 10.2. The van der Waals surface area contributed by atoms with Gasteiger partial charge in [0, 0.05) is 13.1 Å². The van der Waals surface area contributed by atoms with Crippen LogP contribution in [0.1, 0.15) is 18.9 Å². The summed E-state index contributed by atoms with van der Waals surface area (Å²) in [5.74, 6) is 0. The van der Waals surface area contributed by atoms with Crippen molar-refractivity contribution >= 4 is 10.0 Å². The monoisotopic (exact) mass is 252 g/mol. The van der Waals surface area contributed by atoms with Crippen molar-refractivity contribution in [3.63, 3.8) is 0 Å². The summed E-state index contributed by atoms with van der Waals surface area (Å²) < 4.78 is 25.8. The van der Waals surface area contributed by atoms with Crippen LogP contribution in [-0.2, 0) is 10.0 Å². The number of hydrogen-bond donors (Lipinski definition) is 0. The third kappa shape index (κ3) is 2.84. The fraction of sp³-hybridized carbons (Fsp3) is 0.417. The van der Waals surface area contributed by atoms with Crippen molar-refractivity contribution in [2.24, 2.45) is 0 Å². The first kappa shape index (κ1) is 13.7. The van der Waals surface area contributed by atoms with E-state index in [0.29, 0.717) is 10.5 Å². The number of nitriles is 1. The van der Waals surface area contributed by atoms with Gasteiger partial charge in [0.2, 0.25) is 10.0 Å². The molecular formula is C12H16N2O2S. The molecule has 4 nitrogen and oxygen atoms in total. The van der Waals surface area contributed by atoms with E-state index in [-0.39, 0.29) is 12.5 Å². The molecule has 0 fully saturated rings. The summed E-state index contributed by atoms with van der Waals surface area (Å²) in [7, 11) is -2.01. The van der Waals surface area contributed by atoms with E-state index in [9.17, 15) is 8.42 Å². The van der Waals surface area contributed by atoms with Crippen LogP contribution in [0.15, 0.2) is 29.2 Å². The number of benzene rings is 1. The third-order valence-corrected chi connectivity index (χ3v) is 4.89. The summed E-state index contributed by atoms with van der Waals surface area (Å²) >= 11 is 0. The van der Waals surface area contributed by atoms with E-state index in [1.54, 1.807) is 38.1 Å². The van der Waals surface area contributed by atoms with Gasteiger partial charge in [-0.25, -0.2) is 8.42 Å². The maximum atomic E-state index is 12.3. The van der Waals surface area contributed by atoms with Crippen LogP contribution in [0.4, 0.5) is 0 Å². The van der Waals surface area contributed by atoms with Crippen LogP contribution in [-0.4, -0.2) is 25.8 Å². The van der Waals surface area contributed by atoms with Crippen LogP contribution < -0.4 is 0 Å². The minimum Gasteiger partial charge on any atom is -0.207 e. The summed E-state index contributed by atoms with van der Waals surface area (Å²) in [6.07, 6.45) is 0.182. The smallest absolute Gasteiger partial charge is 0.207 e. The van der Waals surface area contributed by atoms with E-state index in [1.165, 1.54) is 11.4 Å². The van der Waals surface area contributed by atoms with Gasteiger partial charge in [-0.1, -0.05) is 18.2 Å². The van der Waals surface area contributed by atoms with Gasteiger partial charge in [-0.2, -0.15) is 9.57 Å². The first-order valence-electron chi connectivity index (χ1n) is 5.32. The summed E-state index contributed by atoms with van der Waals surface area (Å²) in [4.78, 5) is 0.298. The Hall–Kier alpha value is -1.38. The van der Waals surface area contributed by atoms with Crippen LogP contribution in [0.3, 0.4) is 0 Å². The van der Waals surface area contributed by atoms with E-state index >= 15 is 0 Å². The van der Waals surface area contributed by atoms with Crippen molar-refractivity contribution < 1.29 is 8.42 Å². The highest BCUT2D eigenvalue weighted by molar-refractivity contribution is 7.89. The van der Waals surface area contributed by atoms with Crippen molar-refractivity contribution in [2.75, 3.05) is 7.05 Å². The van der Waals surface area contributed by atoms with E-state index in [4.69, 9.17) is 5.26 Å². The molecule has 92 valence electrons. The lowest BCUT2D eigenvalue weighted by molar-refractivity contribution is 0.393. The standard InChI is InChI=1S/C12H16N2O2S/c1-10-6-4-5-7-12(10)17(15,16)14(3)11(2)8-9-13/h4-7,11H,8H2,1-3H3. The Morgan fingerprint density at radius 3 is 2.53 bits per heavy atom. The molecule has 1 atom stereocenters. The zero-order valence-corrected chi connectivity index (χ0v) is 11.0. The third-order valence-electron chi connectivity index (χ3n) is 2.76. The first-order chi connectivity index (χ1) is 7.91. The second kappa shape index (κ2) is 5.30. The predicted octanol–water partition coefficient (Wildman–Crippen LogP) is 1.92. The SMILES string of the molecule is Cc1ccccc1S(=O)(=O)N(C)C(C)CC#N. The average Bonchev–Trinajstić information content (AvgIpc) is 2.28. The second-order valence-electron chi connectivity index (χ2n) is 4.00.